The third-order valence-electron chi connectivity index (χ3n) is 4.14. The fraction of sp³-hybridized carbons (Fsp3) is 1.00. The van der Waals surface area contributed by atoms with Crippen LogP contribution in [-0.4, -0.2) is 55.1 Å². The highest BCUT2D eigenvalue weighted by Gasteiger charge is 2.20. The van der Waals surface area contributed by atoms with Crippen molar-refractivity contribution in [1.29, 1.82) is 0 Å². The van der Waals surface area contributed by atoms with Crippen LogP contribution in [0.25, 0.3) is 0 Å². The van der Waals surface area contributed by atoms with Crippen LogP contribution in [0.4, 0.5) is 0 Å². The predicted octanol–water partition coefficient (Wildman–Crippen LogP) is 1.78. The molecule has 0 aromatic heterocycles. The van der Waals surface area contributed by atoms with Gasteiger partial charge >= 0.3 is 0 Å². The first-order chi connectivity index (χ1) is 8.17. The minimum atomic E-state index is 0.349. The first-order valence-corrected chi connectivity index (χ1v) is 7.37. The minimum absolute atomic E-state index is 0.349. The summed E-state index contributed by atoms with van der Waals surface area (Å²) in [7, 11) is 0. The lowest BCUT2D eigenvalue weighted by atomic mass is 9.99. The van der Waals surface area contributed by atoms with Gasteiger partial charge in [0.25, 0.3) is 0 Å². The first-order valence-electron chi connectivity index (χ1n) is 7.37. The lowest BCUT2D eigenvalue weighted by Gasteiger charge is -2.36. The highest BCUT2D eigenvalue weighted by atomic mass is 15.3. The van der Waals surface area contributed by atoms with E-state index < -0.39 is 0 Å². The Morgan fingerprint density at radius 3 is 2.18 bits per heavy atom. The van der Waals surface area contributed by atoms with Gasteiger partial charge in [-0.3, -0.25) is 4.90 Å². The molecule has 0 saturated carbocycles. The van der Waals surface area contributed by atoms with Crippen LogP contribution in [0.15, 0.2) is 0 Å². The molecule has 0 bridgehead atoms. The van der Waals surface area contributed by atoms with Gasteiger partial charge in [0.2, 0.25) is 0 Å². The fourth-order valence-electron chi connectivity index (χ4n) is 2.36. The van der Waals surface area contributed by atoms with E-state index in [9.17, 15) is 0 Å². The van der Waals surface area contributed by atoms with Gasteiger partial charge in [-0.15, -0.1) is 0 Å². The van der Waals surface area contributed by atoms with Crippen molar-refractivity contribution in [1.82, 2.24) is 9.80 Å². The summed E-state index contributed by atoms with van der Waals surface area (Å²) in [5.74, 6) is 0.646. The Bertz CT molecular complexity index is 188. The molecule has 1 fully saturated rings. The van der Waals surface area contributed by atoms with E-state index in [1.54, 1.807) is 0 Å². The van der Waals surface area contributed by atoms with E-state index in [4.69, 9.17) is 5.73 Å². The Kier molecular flexibility index (Phi) is 7.09. The molecule has 2 unspecified atom stereocenters. The molecule has 0 amide bonds. The Hall–Kier alpha value is -0.120. The SMILES string of the molecule is CCCCN1CCN(CC(N)C(C)CC)CC1. The van der Waals surface area contributed by atoms with E-state index >= 15 is 0 Å². The molecule has 1 saturated heterocycles. The van der Waals surface area contributed by atoms with Crippen LogP contribution in [-0.2, 0) is 0 Å². The van der Waals surface area contributed by atoms with Gasteiger partial charge < -0.3 is 10.6 Å². The molecule has 2 atom stereocenters. The van der Waals surface area contributed by atoms with Crippen molar-refractivity contribution in [2.45, 2.75) is 46.1 Å². The molecular weight excluding hydrogens is 210 g/mol. The number of hydrogen-bond donors (Lipinski definition) is 1. The highest BCUT2D eigenvalue weighted by molar-refractivity contribution is 4.77. The topological polar surface area (TPSA) is 32.5 Å². The Labute approximate surface area is 107 Å². The van der Waals surface area contributed by atoms with Gasteiger partial charge in [0, 0.05) is 38.8 Å². The number of hydrogen-bond acceptors (Lipinski definition) is 3. The van der Waals surface area contributed by atoms with Crippen molar-refractivity contribution in [3.63, 3.8) is 0 Å². The van der Waals surface area contributed by atoms with Crippen molar-refractivity contribution >= 4 is 0 Å². The second kappa shape index (κ2) is 8.06. The van der Waals surface area contributed by atoms with Crippen molar-refractivity contribution < 1.29 is 0 Å². The smallest absolute Gasteiger partial charge is 0.0193 e. The zero-order valence-electron chi connectivity index (χ0n) is 12.0. The van der Waals surface area contributed by atoms with E-state index in [0.29, 0.717) is 12.0 Å². The molecule has 1 aliphatic heterocycles. The number of nitrogens with zero attached hydrogens (tertiary/aromatic N) is 2. The largest absolute Gasteiger partial charge is 0.326 e. The molecule has 2 N–H and O–H groups in total. The molecule has 102 valence electrons. The average Bonchev–Trinajstić information content (AvgIpc) is 2.37. The maximum Gasteiger partial charge on any atom is 0.0193 e. The first kappa shape index (κ1) is 14.9. The second-order valence-electron chi connectivity index (χ2n) is 5.55. The molecule has 3 heteroatoms. The lowest BCUT2D eigenvalue weighted by molar-refractivity contribution is 0.120. The molecule has 3 nitrogen and oxygen atoms in total. The highest BCUT2D eigenvalue weighted by Crippen LogP contribution is 2.09. The van der Waals surface area contributed by atoms with Crippen LogP contribution in [0.3, 0.4) is 0 Å². The van der Waals surface area contributed by atoms with E-state index in [-0.39, 0.29) is 0 Å². The van der Waals surface area contributed by atoms with Crippen LogP contribution in [0.5, 0.6) is 0 Å². The maximum absolute atomic E-state index is 6.22. The predicted molar refractivity (Wildman–Crippen MR) is 75.2 cm³/mol. The molecule has 1 heterocycles. The van der Waals surface area contributed by atoms with Crippen LogP contribution >= 0.6 is 0 Å². The maximum atomic E-state index is 6.22. The molecular formula is C14H31N3. The zero-order chi connectivity index (χ0) is 12.7. The molecule has 1 aliphatic rings. The fourth-order valence-corrected chi connectivity index (χ4v) is 2.36. The van der Waals surface area contributed by atoms with Gasteiger partial charge in [-0.05, 0) is 18.9 Å². The van der Waals surface area contributed by atoms with Crippen molar-refractivity contribution in [2.75, 3.05) is 39.3 Å². The summed E-state index contributed by atoms with van der Waals surface area (Å²) in [6.07, 6.45) is 3.84. The molecule has 0 radical (unpaired) electrons. The van der Waals surface area contributed by atoms with E-state index in [0.717, 1.165) is 6.54 Å². The standard InChI is InChI=1S/C14H31N3/c1-4-6-7-16-8-10-17(11-9-16)12-14(15)13(3)5-2/h13-14H,4-12,15H2,1-3H3. The third-order valence-corrected chi connectivity index (χ3v) is 4.14. The summed E-state index contributed by atoms with van der Waals surface area (Å²) in [5.41, 5.74) is 6.22. The quantitative estimate of drug-likeness (QED) is 0.737. The zero-order valence-corrected chi connectivity index (χ0v) is 12.0. The number of rotatable bonds is 7. The summed E-state index contributed by atoms with van der Waals surface area (Å²) in [5, 5.41) is 0. The summed E-state index contributed by atoms with van der Waals surface area (Å²) in [6, 6.07) is 0.349. The third kappa shape index (κ3) is 5.36. The van der Waals surface area contributed by atoms with Gasteiger partial charge in [0.1, 0.15) is 0 Å². The monoisotopic (exact) mass is 241 g/mol. The molecule has 0 aliphatic carbocycles. The van der Waals surface area contributed by atoms with E-state index in [1.165, 1.54) is 52.0 Å². The summed E-state index contributed by atoms with van der Waals surface area (Å²) in [4.78, 5) is 5.13. The van der Waals surface area contributed by atoms with Gasteiger partial charge in [-0.25, -0.2) is 0 Å². The van der Waals surface area contributed by atoms with E-state index in [2.05, 4.69) is 30.6 Å². The van der Waals surface area contributed by atoms with Crippen molar-refractivity contribution in [2.24, 2.45) is 11.7 Å². The van der Waals surface area contributed by atoms with Crippen LogP contribution in [0.2, 0.25) is 0 Å². The van der Waals surface area contributed by atoms with E-state index in [1.807, 2.05) is 0 Å². The normalized spacial score (nSPS) is 22.6. The molecule has 0 aromatic carbocycles. The number of unbranched alkanes of at least 4 members (excludes halogenated alkanes) is 1. The second-order valence-corrected chi connectivity index (χ2v) is 5.55. The van der Waals surface area contributed by atoms with Gasteiger partial charge in [0.05, 0.1) is 0 Å². The average molecular weight is 241 g/mol. The van der Waals surface area contributed by atoms with Crippen LogP contribution < -0.4 is 5.73 Å². The molecule has 17 heavy (non-hydrogen) atoms. The van der Waals surface area contributed by atoms with Crippen molar-refractivity contribution in [3.8, 4) is 0 Å². The molecule has 1 rings (SSSR count). The van der Waals surface area contributed by atoms with Crippen molar-refractivity contribution in [3.05, 3.63) is 0 Å². The minimum Gasteiger partial charge on any atom is -0.326 e. The summed E-state index contributed by atoms with van der Waals surface area (Å²) in [6.45, 7) is 14.0. The Morgan fingerprint density at radius 1 is 1.06 bits per heavy atom. The molecule has 0 spiro atoms. The molecule has 0 aromatic rings. The van der Waals surface area contributed by atoms with Gasteiger partial charge in [-0.2, -0.15) is 0 Å². The van der Waals surface area contributed by atoms with Crippen LogP contribution in [0.1, 0.15) is 40.0 Å². The van der Waals surface area contributed by atoms with Gasteiger partial charge in [-0.1, -0.05) is 33.6 Å². The Balaban J connectivity index is 2.18. The Morgan fingerprint density at radius 2 is 1.65 bits per heavy atom. The van der Waals surface area contributed by atoms with Crippen LogP contribution in [0, 0.1) is 5.92 Å². The number of piperazine rings is 1. The number of nitrogens with two attached hydrogens (primary N) is 1. The summed E-state index contributed by atoms with van der Waals surface area (Å²) >= 11 is 0. The van der Waals surface area contributed by atoms with Gasteiger partial charge in [0.15, 0.2) is 0 Å². The summed E-state index contributed by atoms with van der Waals surface area (Å²) < 4.78 is 0. The lowest BCUT2D eigenvalue weighted by Crippen LogP contribution is -2.51.